The Balaban J connectivity index is 1.58. The molecule has 2 aliphatic heterocycles. The Labute approximate surface area is 152 Å². The molecule has 0 bridgehead atoms. The molecule has 3 heterocycles. The van der Waals surface area contributed by atoms with Gasteiger partial charge < -0.3 is 9.80 Å². The largest absolute Gasteiger partial charge is 0.337 e. The van der Waals surface area contributed by atoms with Gasteiger partial charge in [-0.05, 0) is 36.8 Å². The third-order valence-electron chi connectivity index (χ3n) is 5.16. The molecule has 0 spiro atoms. The summed E-state index contributed by atoms with van der Waals surface area (Å²) in [5.74, 6) is -0.397. The van der Waals surface area contributed by atoms with Gasteiger partial charge in [0.2, 0.25) is 0 Å². The van der Waals surface area contributed by atoms with Crippen LogP contribution in [0.25, 0.3) is 0 Å². The van der Waals surface area contributed by atoms with Crippen LogP contribution in [0.2, 0.25) is 0 Å². The van der Waals surface area contributed by atoms with E-state index >= 15 is 0 Å². The first-order chi connectivity index (χ1) is 12.7. The highest BCUT2D eigenvalue weighted by Crippen LogP contribution is 2.21. The van der Waals surface area contributed by atoms with E-state index in [2.05, 4.69) is 16.0 Å². The fourth-order valence-corrected chi connectivity index (χ4v) is 3.72. The third kappa shape index (κ3) is 3.19. The molecule has 134 valence electrons. The van der Waals surface area contributed by atoms with Gasteiger partial charge in [-0.1, -0.05) is 24.3 Å². The number of benzene rings is 1. The molecule has 0 aliphatic carbocycles. The maximum Gasteiger partial charge on any atom is 0.275 e. The standard InChI is InChI=1S/C20H22N4O2/c25-19(23-11-4-1-5-12-23)17-18(22-10-9-21-17)20(26)24-13-8-15-6-2-3-7-16(15)14-24/h2-3,6-7,9-10H,1,4-5,8,11-14H2. The molecule has 0 atom stereocenters. The van der Waals surface area contributed by atoms with Gasteiger partial charge in [0, 0.05) is 38.6 Å². The Morgan fingerprint density at radius 1 is 0.769 bits per heavy atom. The summed E-state index contributed by atoms with van der Waals surface area (Å²) in [6.45, 7) is 2.62. The maximum absolute atomic E-state index is 13.1. The first kappa shape index (κ1) is 16.7. The predicted octanol–water partition coefficient (Wildman–Crippen LogP) is 2.30. The molecule has 1 saturated heterocycles. The van der Waals surface area contributed by atoms with Crippen LogP contribution in [0.1, 0.15) is 51.4 Å². The molecule has 2 aliphatic rings. The fraction of sp³-hybridized carbons (Fsp3) is 0.400. The van der Waals surface area contributed by atoms with E-state index in [1.165, 1.54) is 18.0 Å². The lowest BCUT2D eigenvalue weighted by Gasteiger charge is -2.30. The van der Waals surface area contributed by atoms with Gasteiger partial charge in [-0.25, -0.2) is 9.97 Å². The van der Waals surface area contributed by atoms with Crippen LogP contribution in [-0.2, 0) is 13.0 Å². The summed E-state index contributed by atoms with van der Waals surface area (Å²) in [4.78, 5) is 37.9. The monoisotopic (exact) mass is 350 g/mol. The summed E-state index contributed by atoms with van der Waals surface area (Å²) in [6, 6.07) is 8.16. The van der Waals surface area contributed by atoms with Crippen molar-refractivity contribution in [2.75, 3.05) is 19.6 Å². The van der Waals surface area contributed by atoms with Gasteiger partial charge in [0.1, 0.15) is 0 Å². The van der Waals surface area contributed by atoms with Gasteiger partial charge in [0.25, 0.3) is 11.8 Å². The second-order valence-electron chi connectivity index (χ2n) is 6.85. The van der Waals surface area contributed by atoms with Crippen LogP contribution in [0.3, 0.4) is 0 Å². The average molecular weight is 350 g/mol. The molecule has 2 aromatic rings. The lowest BCUT2D eigenvalue weighted by atomic mass is 9.99. The summed E-state index contributed by atoms with van der Waals surface area (Å²) >= 11 is 0. The van der Waals surface area contributed by atoms with Crippen molar-refractivity contribution in [2.45, 2.75) is 32.2 Å². The number of likely N-dealkylation sites (tertiary alicyclic amines) is 1. The van der Waals surface area contributed by atoms with Crippen molar-refractivity contribution in [1.82, 2.24) is 19.8 Å². The molecule has 26 heavy (non-hydrogen) atoms. The number of nitrogens with zero attached hydrogens (tertiary/aromatic N) is 4. The van der Waals surface area contributed by atoms with Crippen molar-refractivity contribution in [3.63, 3.8) is 0 Å². The summed E-state index contributed by atoms with van der Waals surface area (Å²) in [7, 11) is 0. The zero-order valence-electron chi connectivity index (χ0n) is 14.7. The van der Waals surface area contributed by atoms with E-state index in [-0.39, 0.29) is 23.2 Å². The Bertz CT molecular complexity index is 830. The summed E-state index contributed by atoms with van der Waals surface area (Å²) in [5.41, 5.74) is 2.78. The van der Waals surface area contributed by atoms with Crippen LogP contribution in [-0.4, -0.2) is 51.2 Å². The molecule has 0 unspecified atom stereocenters. The molecule has 1 aromatic carbocycles. The maximum atomic E-state index is 13.1. The molecule has 0 N–H and O–H groups in total. The number of rotatable bonds is 2. The highest BCUT2D eigenvalue weighted by Gasteiger charge is 2.29. The van der Waals surface area contributed by atoms with Crippen LogP contribution in [0.15, 0.2) is 36.7 Å². The molecular formula is C20H22N4O2. The molecule has 0 radical (unpaired) electrons. The molecule has 6 heteroatoms. The van der Waals surface area contributed by atoms with Gasteiger partial charge in [-0.2, -0.15) is 0 Å². The Morgan fingerprint density at radius 3 is 2.08 bits per heavy atom. The van der Waals surface area contributed by atoms with Gasteiger partial charge in [-0.3, -0.25) is 9.59 Å². The summed E-state index contributed by atoms with van der Waals surface area (Å²) in [5, 5.41) is 0. The first-order valence-electron chi connectivity index (χ1n) is 9.20. The van der Waals surface area contributed by atoms with E-state index in [1.54, 1.807) is 9.80 Å². The Kier molecular flexibility index (Phi) is 4.65. The van der Waals surface area contributed by atoms with Crippen molar-refractivity contribution in [1.29, 1.82) is 0 Å². The fourth-order valence-electron chi connectivity index (χ4n) is 3.72. The van der Waals surface area contributed by atoms with Crippen molar-refractivity contribution < 1.29 is 9.59 Å². The van der Waals surface area contributed by atoms with Crippen molar-refractivity contribution in [3.8, 4) is 0 Å². The molecule has 6 nitrogen and oxygen atoms in total. The highest BCUT2D eigenvalue weighted by molar-refractivity contribution is 6.04. The second-order valence-corrected chi connectivity index (χ2v) is 6.85. The van der Waals surface area contributed by atoms with Crippen molar-refractivity contribution >= 4 is 11.8 Å². The van der Waals surface area contributed by atoms with Crippen LogP contribution < -0.4 is 0 Å². The van der Waals surface area contributed by atoms with Gasteiger partial charge in [0.05, 0.1) is 0 Å². The van der Waals surface area contributed by atoms with E-state index in [9.17, 15) is 9.59 Å². The quantitative estimate of drug-likeness (QED) is 0.834. The number of hydrogen-bond donors (Lipinski definition) is 0. The Morgan fingerprint density at radius 2 is 1.38 bits per heavy atom. The molecule has 2 amide bonds. The van der Waals surface area contributed by atoms with Gasteiger partial charge in [-0.15, -0.1) is 0 Å². The smallest absolute Gasteiger partial charge is 0.275 e. The van der Waals surface area contributed by atoms with E-state index < -0.39 is 0 Å². The predicted molar refractivity (Wildman–Crippen MR) is 96.7 cm³/mol. The third-order valence-corrected chi connectivity index (χ3v) is 5.16. The summed E-state index contributed by atoms with van der Waals surface area (Å²) < 4.78 is 0. The SMILES string of the molecule is O=C(c1nccnc1C(=O)N1CCc2ccccc2C1)N1CCCCC1. The summed E-state index contributed by atoms with van der Waals surface area (Å²) in [6.07, 6.45) is 6.93. The lowest BCUT2D eigenvalue weighted by Crippen LogP contribution is -2.40. The van der Waals surface area contributed by atoms with E-state index in [0.717, 1.165) is 44.3 Å². The highest BCUT2D eigenvalue weighted by atomic mass is 16.2. The van der Waals surface area contributed by atoms with Gasteiger partial charge >= 0.3 is 0 Å². The number of fused-ring (bicyclic) bond motifs is 1. The first-order valence-corrected chi connectivity index (χ1v) is 9.20. The van der Waals surface area contributed by atoms with Gasteiger partial charge in [0.15, 0.2) is 11.4 Å². The number of amides is 2. The number of aromatic nitrogens is 2. The van der Waals surface area contributed by atoms with Crippen LogP contribution in [0.4, 0.5) is 0 Å². The molecular weight excluding hydrogens is 328 g/mol. The van der Waals surface area contributed by atoms with Crippen LogP contribution in [0.5, 0.6) is 0 Å². The molecule has 4 rings (SSSR count). The molecule has 0 saturated carbocycles. The average Bonchev–Trinajstić information content (AvgIpc) is 2.73. The van der Waals surface area contributed by atoms with E-state index in [4.69, 9.17) is 0 Å². The second kappa shape index (κ2) is 7.23. The van der Waals surface area contributed by atoms with Crippen LogP contribution >= 0.6 is 0 Å². The zero-order chi connectivity index (χ0) is 17.9. The minimum absolute atomic E-state index is 0.169. The number of hydrogen-bond acceptors (Lipinski definition) is 4. The van der Waals surface area contributed by atoms with E-state index in [1.807, 2.05) is 18.2 Å². The topological polar surface area (TPSA) is 66.4 Å². The van der Waals surface area contributed by atoms with Crippen LogP contribution in [0, 0.1) is 0 Å². The number of carbonyl (C=O) groups excluding carboxylic acids is 2. The van der Waals surface area contributed by atoms with Crippen molar-refractivity contribution in [3.05, 3.63) is 59.2 Å². The lowest BCUT2D eigenvalue weighted by molar-refractivity contribution is 0.0680. The molecule has 1 aromatic heterocycles. The van der Waals surface area contributed by atoms with E-state index in [0.29, 0.717) is 13.1 Å². The molecule has 1 fully saturated rings. The normalized spacial score (nSPS) is 16.9. The zero-order valence-corrected chi connectivity index (χ0v) is 14.7. The Hall–Kier alpha value is -2.76. The number of piperidine rings is 1. The minimum atomic E-state index is -0.215. The minimum Gasteiger partial charge on any atom is -0.337 e. The number of carbonyl (C=O) groups is 2. The van der Waals surface area contributed by atoms with Crippen molar-refractivity contribution in [2.24, 2.45) is 0 Å².